The molecule has 0 aliphatic rings. The number of benzene rings is 1. The summed E-state index contributed by atoms with van der Waals surface area (Å²) in [7, 11) is 0. The van der Waals surface area contributed by atoms with Gasteiger partial charge in [0.15, 0.2) is 0 Å². The van der Waals surface area contributed by atoms with E-state index in [1.165, 1.54) is 6.07 Å². The molecule has 0 unspecified atom stereocenters. The standard InChI is InChI=1S/C20H25N5O2/c1-4-15(25-16-9-7-6-8-14(16)23-18(25)5-2)20(27)21-11-10-17-22-13(3)12-19(26)24-17/h6-9,12,15H,4-5,10-11H2,1-3H3,(H,21,27)(H,22,24,26)/t15-/m1/s1. The lowest BCUT2D eigenvalue weighted by Crippen LogP contribution is -2.34. The first-order valence-corrected chi connectivity index (χ1v) is 9.33. The van der Waals surface area contributed by atoms with E-state index >= 15 is 0 Å². The third-order valence-corrected chi connectivity index (χ3v) is 4.57. The number of nitrogens with one attached hydrogen (secondary N) is 2. The third-order valence-electron chi connectivity index (χ3n) is 4.57. The van der Waals surface area contributed by atoms with E-state index in [0.29, 0.717) is 30.9 Å². The Morgan fingerprint density at radius 2 is 2.04 bits per heavy atom. The van der Waals surface area contributed by atoms with Crippen LogP contribution in [0, 0.1) is 6.92 Å². The third kappa shape index (κ3) is 4.07. The Labute approximate surface area is 157 Å². The van der Waals surface area contributed by atoms with E-state index in [1.807, 2.05) is 42.7 Å². The first-order valence-electron chi connectivity index (χ1n) is 9.33. The number of aromatic amines is 1. The van der Waals surface area contributed by atoms with Crippen molar-refractivity contribution in [1.82, 2.24) is 24.8 Å². The van der Waals surface area contributed by atoms with Gasteiger partial charge >= 0.3 is 0 Å². The van der Waals surface area contributed by atoms with E-state index in [4.69, 9.17) is 0 Å². The van der Waals surface area contributed by atoms with Crippen molar-refractivity contribution in [3.05, 3.63) is 58.0 Å². The van der Waals surface area contributed by atoms with Crippen LogP contribution in [0.25, 0.3) is 11.0 Å². The molecular formula is C20H25N5O2. The molecule has 27 heavy (non-hydrogen) atoms. The molecule has 0 aliphatic carbocycles. The Morgan fingerprint density at radius 1 is 1.26 bits per heavy atom. The molecule has 0 bridgehead atoms. The first-order chi connectivity index (χ1) is 13.0. The van der Waals surface area contributed by atoms with E-state index in [0.717, 1.165) is 23.3 Å². The quantitative estimate of drug-likeness (QED) is 0.670. The van der Waals surface area contributed by atoms with Gasteiger partial charge in [0, 0.05) is 31.1 Å². The van der Waals surface area contributed by atoms with Crippen LogP contribution in [0.2, 0.25) is 0 Å². The Balaban J connectivity index is 1.76. The molecule has 2 aromatic heterocycles. The van der Waals surface area contributed by atoms with Crippen molar-refractivity contribution in [3.8, 4) is 0 Å². The lowest BCUT2D eigenvalue weighted by atomic mass is 10.1. The molecule has 0 radical (unpaired) electrons. The van der Waals surface area contributed by atoms with Gasteiger partial charge in [0.1, 0.15) is 17.7 Å². The fourth-order valence-corrected chi connectivity index (χ4v) is 3.36. The summed E-state index contributed by atoms with van der Waals surface area (Å²) in [5, 5.41) is 2.98. The van der Waals surface area contributed by atoms with Gasteiger partial charge in [-0.15, -0.1) is 0 Å². The maximum atomic E-state index is 12.9. The number of hydrogen-bond donors (Lipinski definition) is 2. The van der Waals surface area contributed by atoms with Gasteiger partial charge < -0.3 is 14.9 Å². The minimum atomic E-state index is -0.322. The topological polar surface area (TPSA) is 92.7 Å². The molecule has 3 rings (SSSR count). The van der Waals surface area contributed by atoms with E-state index in [9.17, 15) is 9.59 Å². The van der Waals surface area contributed by atoms with Gasteiger partial charge in [-0.3, -0.25) is 9.59 Å². The van der Waals surface area contributed by atoms with Gasteiger partial charge in [0.05, 0.1) is 11.0 Å². The molecule has 0 saturated carbocycles. The molecule has 3 aromatic rings. The Kier molecular flexibility index (Phi) is 5.69. The number of carbonyl (C=O) groups excluding carboxylic acids is 1. The minimum absolute atomic E-state index is 0.0506. The van der Waals surface area contributed by atoms with Gasteiger partial charge in [-0.1, -0.05) is 26.0 Å². The zero-order valence-electron chi connectivity index (χ0n) is 16.0. The molecule has 1 aromatic carbocycles. The van der Waals surface area contributed by atoms with Crippen molar-refractivity contribution in [1.29, 1.82) is 0 Å². The maximum absolute atomic E-state index is 12.9. The summed E-state index contributed by atoms with van der Waals surface area (Å²) < 4.78 is 2.04. The van der Waals surface area contributed by atoms with E-state index in [-0.39, 0.29) is 17.5 Å². The van der Waals surface area contributed by atoms with Crippen LogP contribution in [0.5, 0.6) is 0 Å². The predicted octanol–water partition coefficient (Wildman–Crippen LogP) is 2.30. The van der Waals surface area contributed by atoms with Crippen LogP contribution in [-0.2, 0) is 17.6 Å². The number of aryl methyl sites for hydroxylation is 2. The SMILES string of the molecule is CCc1nc2ccccc2n1[C@H](CC)C(=O)NCCc1nc(C)cc(=O)[nH]1. The number of H-pyrrole nitrogens is 1. The lowest BCUT2D eigenvalue weighted by Gasteiger charge is -2.19. The summed E-state index contributed by atoms with van der Waals surface area (Å²) in [4.78, 5) is 36.0. The Morgan fingerprint density at radius 3 is 2.74 bits per heavy atom. The summed E-state index contributed by atoms with van der Waals surface area (Å²) >= 11 is 0. The minimum Gasteiger partial charge on any atom is -0.354 e. The molecule has 1 atom stereocenters. The highest BCUT2D eigenvalue weighted by molar-refractivity contribution is 5.84. The highest BCUT2D eigenvalue weighted by Crippen LogP contribution is 2.24. The second-order valence-corrected chi connectivity index (χ2v) is 6.54. The summed E-state index contributed by atoms with van der Waals surface area (Å²) in [6.07, 6.45) is 1.90. The highest BCUT2D eigenvalue weighted by atomic mass is 16.2. The van der Waals surface area contributed by atoms with Gasteiger partial charge in [-0.2, -0.15) is 0 Å². The van der Waals surface area contributed by atoms with Crippen molar-refractivity contribution in [2.24, 2.45) is 0 Å². The van der Waals surface area contributed by atoms with Crippen LogP contribution in [0.3, 0.4) is 0 Å². The van der Waals surface area contributed by atoms with E-state index < -0.39 is 0 Å². The van der Waals surface area contributed by atoms with Gasteiger partial charge in [0.25, 0.3) is 5.56 Å². The molecule has 2 N–H and O–H groups in total. The Hall–Kier alpha value is -2.96. The van der Waals surface area contributed by atoms with Crippen LogP contribution in [0.4, 0.5) is 0 Å². The van der Waals surface area contributed by atoms with Crippen LogP contribution >= 0.6 is 0 Å². The number of aromatic nitrogens is 4. The molecular weight excluding hydrogens is 342 g/mol. The number of hydrogen-bond acceptors (Lipinski definition) is 4. The van der Waals surface area contributed by atoms with Crippen molar-refractivity contribution >= 4 is 16.9 Å². The molecule has 1 amide bonds. The molecule has 2 heterocycles. The van der Waals surface area contributed by atoms with Crippen molar-refractivity contribution in [3.63, 3.8) is 0 Å². The number of carbonyl (C=O) groups is 1. The summed E-state index contributed by atoms with van der Waals surface area (Å²) in [5.74, 6) is 1.43. The molecule has 7 heteroatoms. The number of amides is 1. The van der Waals surface area contributed by atoms with Crippen LogP contribution in [0.1, 0.15) is 43.7 Å². The molecule has 0 aliphatic heterocycles. The molecule has 0 saturated heterocycles. The average Bonchev–Trinajstić information content (AvgIpc) is 3.00. The second-order valence-electron chi connectivity index (χ2n) is 6.54. The normalized spacial score (nSPS) is 12.3. The van der Waals surface area contributed by atoms with Gasteiger partial charge in [0.2, 0.25) is 5.91 Å². The predicted molar refractivity (Wildman–Crippen MR) is 105 cm³/mol. The van der Waals surface area contributed by atoms with Gasteiger partial charge in [-0.25, -0.2) is 9.97 Å². The summed E-state index contributed by atoms with van der Waals surface area (Å²) in [6.45, 7) is 6.23. The zero-order chi connectivity index (χ0) is 19.4. The van der Waals surface area contributed by atoms with Crippen molar-refractivity contribution in [2.45, 2.75) is 46.1 Å². The fourth-order valence-electron chi connectivity index (χ4n) is 3.36. The molecule has 142 valence electrons. The summed E-state index contributed by atoms with van der Waals surface area (Å²) in [6, 6.07) is 9.01. The van der Waals surface area contributed by atoms with Crippen molar-refractivity contribution in [2.75, 3.05) is 6.54 Å². The van der Waals surface area contributed by atoms with E-state index in [2.05, 4.69) is 20.3 Å². The Bertz CT molecular complexity index is 1010. The van der Waals surface area contributed by atoms with Crippen molar-refractivity contribution < 1.29 is 4.79 Å². The fraction of sp³-hybridized carbons (Fsp3) is 0.400. The van der Waals surface area contributed by atoms with Crippen LogP contribution in [-0.4, -0.2) is 32.0 Å². The number of fused-ring (bicyclic) bond motifs is 1. The molecule has 7 nitrogen and oxygen atoms in total. The largest absolute Gasteiger partial charge is 0.354 e. The summed E-state index contributed by atoms with van der Waals surface area (Å²) in [5.41, 5.74) is 2.37. The average molecular weight is 367 g/mol. The number of para-hydroxylation sites is 2. The molecule has 0 fully saturated rings. The van der Waals surface area contributed by atoms with Gasteiger partial charge in [-0.05, 0) is 25.5 Å². The number of rotatable bonds is 7. The lowest BCUT2D eigenvalue weighted by molar-refractivity contribution is -0.124. The zero-order valence-corrected chi connectivity index (χ0v) is 16.0. The first kappa shape index (κ1) is 18.8. The monoisotopic (exact) mass is 367 g/mol. The van der Waals surface area contributed by atoms with Crippen LogP contribution in [0.15, 0.2) is 35.1 Å². The number of nitrogens with zero attached hydrogens (tertiary/aromatic N) is 3. The van der Waals surface area contributed by atoms with Crippen LogP contribution < -0.4 is 10.9 Å². The molecule has 0 spiro atoms. The smallest absolute Gasteiger partial charge is 0.251 e. The van der Waals surface area contributed by atoms with E-state index in [1.54, 1.807) is 6.92 Å². The maximum Gasteiger partial charge on any atom is 0.251 e. The second kappa shape index (κ2) is 8.16. The highest BCUT2D eigenvalue weighted by Gasteiger charge is 2.23. The number of imidazole rings is 1.